The van der Waals surface area contributed by atoms with Gasteiger partial charge in [-0.1, -0.05) is 12.1 Å². The van der Waals surface area contributed by atoms with Crippen LogP contribution < -0.4 is 15.4 Å². The van der Waals surface area contributed by atoms with Crippen LogP contribution in [0.4, 0.5) is 5.82 Å². The number of methoxy groups -OCH3 is 1. The summed E-state index contributed by atoms with van der Waals surface area (Å²) in [6, 6.07) is 11.5. The van der Waals surface area contributed by atoms with Crippen LogP contribution in [0, 0.1) is 20.8 Å². The van der Waals surface area contributed by atoms with Gasteiger partial charge in [-0.05, 0) is 56.2 Å². The maximum Gasteiger partial charge on any atom is 0.224 e. The Morgan fingerprint density at radius 3 is 2.52 bits per heavy atom. The number of aryl methyl sites for hydroxylation is 3. The fourth-order valence-corrected chi connectivity index (χ4v) is 3.08. The van der Waals surface area contributed by atoms with Gasteiger partial charge in [0, 0.05) is 18.8 Å². The minimum Gasteiger partial charge on any atom is -0.496 e. The molecular weight excluding hydrogens is 368 g/mol. The number of nitrogens with one attached hydrogen (secondary N) is 2. The number of nitrogens with zero attached hydrogens (tertiary/aromatic N) is 4. The first-order valence-electron chi connectivity index (χ1n) is 9.47. The van der Waals surface area contributed by atoms with Crippen LogP contribution in [0.5, 0.6) is 5.75 Å². The van der Waals surface area contributed by atoms with E-state index in [-0.39, 0.29) is 5.91 Å². The fraction of sp³-hybridized carbons (Fsp3) is 0.333. The number of rotatable bonds is 8. The highest BCUT2D eigenvalue weighted by molar-refractivity contribution is 5.78. The second-order valence-corrected chi connectivity index (χ2v) is 6.87. The highest BCUT2D eigenvalue weighted by Gasteiger charge is 2.07. The van der Waals surface area contributed by atoms with Gasteiger partial charge in [0.1, 0.15) is 11.6 Å². The topological polar surface area (TPSA) is 94.0 Å². The molecule has 8 nitrogen and oxygen atoms in total. The van der Waals surface area contributed by atoms with E-state index in [1.165, 1.54) is 0 Å². The van der Waals surface area contributed by atoms with E-state index in [9.17, 15) is 4.79 Å². The van der Waals surface area contributed by atoms with Crippen molar-refractivity contribution in [3.63, 3.8) is 0 Å². The zero-order chi connectivity index (χ0) is 20.8. The highest BCUT2D eigenvalue weighted by Crippen LogP contribution is 2.18. The molecule has 0 aliphatic heterocycles. The van der Waals surface area contributed by atoms with E-state index in [1.54, 1.807) is 11.8 Å². The van der Waals surface area contributed by atoms with Crippen molar-refractivity contribution in [3.8, 4) is 11.6 Å². The zero-order valence-electron chi connectivity index (χ0n) is 17.2. The average molecular weight is 394 g/mol. The van der Waals surface area contributed by atoms with Crippen LogP contribution in [0.15, 0.2) is 36.4 Å². The highest BCUT2D eigenvalue weighted by atomic mass is 16.5. The summed E-state index contributed by atoms with van der Waals surface area (Å²) in [6.45, 7) is 6.93. The minimum absolute atomic E-state index is 0.0256. The van der Waals surface area contributed by atoms with E-state index in [2.05, 4.69) is 25.9 Å². The van der Waals surface area contributed by atoms with Crippen LogP contribution in [0.1, 0.15) is 22.5 Å². The zero-order valence-corrected chi connectivity index (χ0v) is 17.2. The lowest BCUT2D eigenvalue weighted by Crippen LogP contribution is -2.30. The summed E-state index contributed by atoms with van der Waals surface area (Å²) in [7, 11) is 1.64. The Hall–Kier alpha value is -3.42. The Morgan fingerprint density at radius 1 is 1.07 bits per heavy atom. The average Bonchev–Trinajstić information content (AvgIpc) is 3.04. The molecule has 2 aromatic heterocycles. The van der Waals surface area contributed by atoms with Crippen molar-refractivity contribution in [2.75, 3.05) is 25.5 Å². The lowest BCUT2D eigenvalue weighted by atomic mass is 10.1. The predicted octanol–water partition coefficient (Wildman–Crippen LogP) is 2.37. The molecule has 152 valence electrons. The lowest BCUT2D eigenvalue weighted by Gasteiger charge is -2.09. The summed E-state index contributed by atoms with van der Waals surface area (Å²) in [5, 5.41) is 18.8. The molecule has 0 aliphatic rings. The number of carbonyl (C=O) groups excluding carboxylic acids is 1. The van der Waals surface area contributed by atoms with Gasteiger partial charge >= 0.3 is 0 Å². The van der Waals surface area contributed by atoms with Gasteiger partial charge in [-0.25, -0.2) is 4.68 Å². The number of hydrogen-bond donors (Lipinski definition) is 2. The van der Waals surface area contributed by atoms with E-state index < -0.39 is 0 Å². The second kappa shape index (κ2) is 9.18. The summed E-state index contributed by atoms with van der Waals surface area (Å²) in [5.41, 5.74) is 3.92. The summed E-state index contributed by atoms with van der Waals surface area (Å²) in [5.74, 6) is 2.12. The van der Waals surface area contributed by atoms with Crippen molar-refractivity contribution in [3.05, 3.63) is 58.9 Å². The third-order valence-electron chi connectivity index (χ3n) is 4.45. The molecule has 2 N–H and O–H groups in total. The van der Waals surface area contributed by atoms with Gasteiger partial charge in [-0.2, -0.15) is 5.10 Å². The number of aromatic nitrogens is 4. The molecule has 3 aromatic rings. The minimum atomic E-state index is -0.0256. The number of hydrogen-bond acceptors (Lipinski definition) is 6. The van der Waals surface area contributed by atoms with Crippen molar-refractivity contribution in [1.29, 1.82) is 0 Å². The van der Waals surface area contributed by atoms with Crippen LogP contribution >= 0.6 is 0 Å². The van der Waals surface area contributed by atoms with Gasteiger partial charge in [-0.3, -0.25) is 4.79 Å². The molecular formula is C21H26N6O2. The van der Waals surface area contributed by atoms with Gasteiger partial charge in [0.05, 0.1) is 19.2 Å². The van der Waals surface area contributed by atoms with Gasteiger partial charge in [0.25, 0.3) is 0 Å². The van der Waals surface area contributed by atoms with Crippen molar-refractivity contribution in [2.45, 2.75) is 27.2 Å². The van der Waals surface area contributed by atoms with E-state index >= 15 is 0 Å². The monoisotopic (exact) mass is 394 g/mol. The van der Waals surface area contributed by atoms with Crippen molar-refractivity contribution >= 4 is 11.7 Å². The van der Waals surface area contributed by atoms with Crippen LogP contribution in [0.2, 0.25) is 0 Å². The molecule has 0 saturated carbocycles. The first kappa shape index (κ1) is 20.3. The molecule has 2 heterocycles. The van der Waals surface area contributed by atoms with E-state index in [1.807, 2.05) is 57.2 Å². The van der Waals surface area contributed by atoms with Gasteiger partial charge in [0.2, 0.25) is 5.91 Å². The van der Waals surface area contributed by atoms with Crippen LogP contribution in [-0.2, 0) is 11.2 Å². The first-order chi connectivity index (χ1) is 14.0. The Balaban J connectivity index is 1.43. The quantitative estimate of drug-likeness (QED) is 0.570. The van der Waals surface area contributed by atoms with Crippen molar-refractivity contribution in [2.24, 2.45) is 0 Å². The largest absolute Gasteiger partial charge is 0.496 e. The molecule has 0 radical (unpaired) electrons. The summed E-state index contributed by atoms with van der Waals surface area (Å²) in [4.78, 5) is 12.1. The third kappa shape index (κ3) is 5.31. The molecule has 1 aromatic carbocycles. The number of anilines is 1. The molecule has 0 unspecified atom stereocenters. The van der Waals surface area contributed by atoms with Gasteiger partial charge in [0.15, 0.2) is 5.82 Å². The van der Waals surface area contributed by atoms with E-state index in [0.717, 1.165) is 28.3 Å². The number of amides is 1. The fourth-order valence-electron chi connectivity index (χ4n) is 3.08. The number of benzene rings is 1. The SMILES string of the molecule is COc1ccc(CC(=O)NCCNc2ccc(-n3nc(C)cc3C)nn2)cc1C. The Labute approximate surface area is 170 Å². The standard InChI is InChI=1S/C21H26N6O2/c1-14-11-17(5-6-18(14)29-4)13-21(28)23-10-9-22-19-7-8-20(25-24-19)27-16(3)12-15(2)26-27/h5-8,11-12H,9-10,13H2,1-4H3,(H,22,24)(H,23,28). The molecule has 0 bridgehead atoms. The molecule has 0 atom stereocenters. The molecule has 0 spiro atoms. The smallest absolute Gasteiger partial charge is 0.224 e. The number of ether oxygens (including phenoxy) is 1. The summed E-state index contributed by atoms with van der Waals surface area (Å²) < 4.78 is 7.00. The summed E-state index contributed by atoms with van der Waals surface area (Å²) in [6.07, 6.45) is 0.335. The first-order valence-corrected chi connectivity index (χ1v) is 9.47. The van der Waals surface area contributed by atoms with Gasteiger partial charge < -0.3 is 15.4 Å². The van der Waals surface area contributed by atoms with Crippen LogP contribution in [-0.4, -0.2) is 46.1 Å². The second-order valence-electron chi connectivity index (χ2n) is 6.87. The molecule has 8 heteroatoms. The Morgan fingerprint density at radius 2 is 1.90 bits per heavy atom. The maximum absolute atomic E-state index is 12.1. The molecule has 0 saturated heterocycles. The van der Waals surface area contributed by atoms with Gasteiger partial charge in [-0.15, -0.1) is 10.2 Å². The molecule has 0 aliphatic carbocycles. The molecule has 0 fully saturated rings. The molecule has 3 rings (SSSR count). The maximum atomic E-state index is 12.1. The number of carbonyl (C=O) groups is 1. The van der Waals surface area contributed by atoms with Crippen molar-refractivity contribution in [1.82, 2.24) is 25.3 Å². The Kier molecular flexibility index (Phi) is 6.43. The normalized spacial score (nSPS) is 10.6. The summed E-state index contributed by atoms with van der Waals surface area (Å²) >= 11 is 0. The third-order valence-corrected chi connectivity index (χ3v) is 4.45. The lowest BCUT2D eigenvalue weighted by molar-refractivity contribution is -0.120. The molecule has 1 amide bonds. The van der Waals surface area contributed by atoms with E-state index in [4.69, 9.17) is 4.74 Å². The van der Waals surface area contributed by atoms with Crippen LogP contribution in [0.3, 0.4) is 0 Å². The Bertz CT molecular complexity index is 981. The molecule has 29 heavy (non-hydrogen) atoms. The van der Waals surface area contributed by atoms with Crippen LogP contribution in [0.25, 0.3) is 5.82 Å². The van der Waals surface area contributed by atoms with E-state index in [0.29, 0.717) is 31.1 Å². The van der Waals surface area contributed by atoms with Crippen molar-refractivity contribution < 1.29 is 9.53 Å². The predicted molar refractivity (Wildman–Crippen MR) is 112 cm³/mol.